The molecule has 6 nitrogen and oxygen atoms in total. The number of nitro benzene ring substituents is 1. The lowest BCUT2D eigenvalue weighted by Gasteiger charge is -2.10. The van der Waals surface area contributed by atoms with Crippen LogP contribution in [0.25, 0.3) is 11.3 Å². The topological polar surface area (TPSA) is 84.7 Å². The molecule has 1 aromatic carbocycles. The molecule has 0 fully saturated rings. The highest BCUT2D eigenvalue weighted by Gasteiger charge is 2.35. The zero-order valence-electron chi connectivity index (χ0n) is 8.60. The fraction of sp³-hybridized carbons (Fsp3) is 0.111. The third kappa shape index (κ3) is 2.14. The van der Waals surface area contributed by atoms with Crippen LogP contribution in [0.15, 0.2) is 24.4 Å². The van der Waals surface area contributed by atoms with E-state index >= 15 is 0 Å². The van der Waals surface area contributed by atoms with Gasteiger partial charge in [0.1, 0.15) is 0 Å². The molecule has 94 valence electrons. The normalized spacial score (nSPS) is 11.5. The Labute approximate surface area is 97.6 Å². The zero-order valence-corrected chi connectivity index (χ0v) is 8.60. The molecule has 1 aromatic heterocycles. The average molecular weight is 258 g/mol. The second-order valence-electron chi connectivity index (χ2n) is 3.35. The molecule has 0 bridgehead atoms. The van der Waals surface area contributed by atoms with E-state index in [0.717, 1.165) is 18.3 Å². The summed E-state index contributed by atoms with van der Waals surface area (Å²) < 4.78 is 38.4. The Morgan fingerprint density at radius 2 is 2.06 bits per heavy atom. The van der Waals surface area contributed by atoms with Crippen LogP contribution in [0.2, 0.25) is 0 Å². The third-order valence-corrected chi connectivity index (χ3v) is 2.22. The number of H-pyrrole nitrogens is 1. The van der Waals surface area contributed by atoms with Crippen LogP contribution < -0.4 is 0 Å². The molecule has 0 aliphatic heterocycles. The molecule has 0 atom stereocenters. The van der Waals surface area contributed by atoms with Crippen molar-refractivity contribution in [2.45, 2.75) is 6.18 Å². The zero-order chi connectivity index (χ0) is 13.3. The standard InChI is InChI=1S/C9H5F3N4O2/c10-9(11,12)7-3-5(16(17)18)1-2-6(7)8-4-13-15-14-8/h1-4H,(H,13,14,15). The quantitative estimate of drug-likeness (QED) is 0.662. The number of non-ortho nitro benzene ring substituents is 1. The van der Waals surface area contributed by atoms with Crippen molar-refractivity contribution in [2.75, 3.05) is 0 Å². The fourth-order valence-corrected chi connectivity index (χ4v) is 1.44. The van der Waals surface area contributed by atoms with Crippen LogP contribution in [-0.2, 0) is 6.18 Å². The van der Waals surface area contributed by atoms with Crippen molar-refractivity contribution in [1.29, 1.82) is 0 Å². The van der Waals surface area contributed by atoms with Crippen LogP contribution in [-0.4, -0.2) is 20.3 Å². The van der Waals surface area contributed by atoms with Gasteiger partial charge in [0.2, 0.25) is 0 Å². The second-order valence-corrected chi connectivity index (χ2v) is 3.35. The summed E-state index contributed by atoms with van der Waals surface area (Å²) in [6.45, 7) is 0. The van der Waals surface area contributed by atoms with Crippen LogP contribution in [0.4, 0.5) is 18.9 Å². The van der Waals surface area contributed by atoms with Crippen LogP contribution in [0, 0.1) is 10.1 Å². The van der Waals surface area contributed by atoms with E-state index in [4.69, 9.17) is 0 Å². The number of nitro groups is 1. The highest BCUT2D eigenvalue weighted by Crippen LogP contribution is 2.38. The Morgan fingerprint density at radius 1 is 1.33 bits per heavy atom. The van der Waals surface area contributed by atoms with Crippen LogP contribution in [0.1, 0.15) is 5.56 Å². The summed E-state index contributed by atoms with van der Waals surface area (Å²) in [5.74, 6) is 0. The van der Waals surface area contributed by atoms with E-state index in [2.05, 4.69) is 15.4 Å². The maximum Gasteiger partial charge on any atom is 0.417 e. The summed E-state index contributed by atoms with van der Waals surface area (Å²) in [5, 5.41) is 19.4. The Bertz CT molecular complexity index is 580. The van der Waals surface area contributed by atoms with E-state index in [1.165, 1.54) is 0 Å². The third-order valence-electron chi connectivity index (χ3n) is 2.22. The molecule has 0 saturated carbocycles. The summed E-state index contributed by atoms with van der Waals surface area (Å²) in [6, 6.07) is 2.48. The van der Waals surface area contributed by atoms with Gasteiger partial charge in [-0.15, -0.1) is 5.10 Å². The summed E-state index contributed by atoms with van der Waals surface area (Å²) in [7, 11) is 0. The number of aromatic nitrogens is 3. The molecule has 0 aliphatic rings. The predicted molar refractivity (Wildman–Crippen MR) is 53.5 cm³/mol. The molecule has 1 heterocycles. The van der Waals surface area contributed by atoms with E-state index in [0.29, 0.717) is 6.07 Å². The van der Waals surface area contributed by atoms with Gasteiger partial charge in [0.05, 0.1) is 22.4 Å². The van der Waals surface area contributed by atoms with Crippen molar-refractivity contribution < 1.29 is 18.1 Å². The van der Waals surface area contributed by atoms with Gasteiger partial charge in [0.25, 0.3) is 5.69 Å². The summed E-state index contributed by atoms with van der Waals surface area (Å²) in [4.78, 5) is 9.60. The van der Waals surface area contributed by atoms with Gasteiger partial charge >= 0.3 is 6.18 Å². The van der Waals surface area contributed by atoms with Gasteiger partial charge in [-0.3, -0.25) is 15.2 Å². The maximum absolute atomic E-state index is 12.8. The molecule has 0 unspecified atom stereocenters. The number of halogens is 3. The first-order chi connectivity index (χ1) is 8.39. The number of nitrogens with zero attached hydrogens (tertiary/aromatic N) is 3. The number of alkyl halides is 3. The van der Waals surface area contributed by atoms with E-state index in [1.54, 1.807) is 0 Å². The van der Waals surface area contributed by atoms with Gasteiger partial charge in [0.15, 0.2) is 0 Å². The Hall–Kier alpha value is -2.45. The van der Waals surface area contributed by atoms with Gasteiger partial charge in [-0.2, -0.15) is 13.2 Å². The summed E-state index contributed by atoms with van der Waals surface area (Å²) >= 11 is 0. The number of nitrogens with one attached hydrogen (secondary N) is 1. The lowest BCUT2D eigenvalue weighted by molar-refractivity contribution is -0.385. The van der Waals surface area contributed by atoms with Gasteiger partial charge in [0, 0.05) is 17.7 Å². The number of rotatable bonds is 2. The summed E-state index contributed by atoms with van der Waals surface area (Å²) in [6.07, 6.45) is -3.59. The molecular formula is C9H5F3N4O2. The highest BCUT2D eigenvalue weighted by molar-refractivity contribution is 5.65. The minimum Gasteiger partial charge on any atom is -0.258 e. The first-order valence-electron chi connectivity index (χ1n) is 4.61. The lowest BCUT2D eigenvalue weighted by Crippen LogP contribution is -2.08. The molecule has 0 radical (unpaired) electrons. The van der Waals surface area contributed by atoms with E-state index in [1.807, 2.05) is 0 Å². The minimum atomic E-state index is -4.70. The fourth-order valence-electron chi connectivity index (χ4n) is 1.44. The predicted octanol–water partition coefficient (Wildman–Crippen LogP) is 2.40. The smallest absolute Gasteiger partial charge is 0.258 e. The monoisotopic (exact) mass is 258 g/mol. The van der Waals surface area contributed by atoms with Crippen molar-refractivity contribution in [2.24, 2.45) is 0 Å². The van der Waals surface area contributed by atoms with Crippen LogP contribution in [0.5, 0.6) is 0 Å². The van der Waals surface area contributed by atoms with Crippen LogP contribution >= 0.6 is 0 Å². The highest BCUT2D eigenvalue weighted by atomic mass is 19.4. The molecule has 0 aliphatic carbocycles. The minimum absolute atomic E-state index is 0.0391. The van der Waals surface area contributed by atoms with E-state index < -0.39 is 22.4 Å². The molecular weight excluding hydrogens is 253 g/mol. The SMILES string of the molecule is O=[N+]([O-])c1ccc(-c2cnn[nH]2)c(C(F)(F)F)c1. The molecule has 0 spiro atoms. The van der Waals surface area contributed by atoms with Crippen molar-refractivity contribution in [3.8, 4) is 11.3 Å². The molecule has 0 saturated heterocycles. The van der Waals surface area contributed by atoms with Gasteiger partial charge < -0.3 is 0 Å². The Balaban J connectivity index is 2.64. The molecule has 2 aromatic rings. The van der Waals surface area contributed by atoms with E-state index in [9.17, 15) is 23.3 Å². The molecule has 2 rings (SSSR count). The Kier molecular flexibility index (Phi) is 2.73. The Morgan fingerprint density at radius 3 is 2.56 bits per heavy atom. The number of aromatic amines is 1. The van der Waals surface area contributed by atoms with Crippen LogP contribution in [0.3, 0.4) is 0 Å². The number of hydrogen-bond acceptors (Lipinski definition) is 4. The lowest BCUT2D eigenvalue weighted by atomic mass is 10.0. The first kappa shape index (κ1) is 12.0. The van der Waals surface area contributed by atoms with Crippen molar-refractivity contribution in [3.05, 3.63) is 40.1 Å². The van der Waals surface area contributed by atoms with Crippen molar-refractivity contribution >= 4 is 5.69 Å². The van der Waals surface area contributed by atoms with Crippen molar-refractivity contribution in [3.63, 3.8) is 0 Å². The second kappa shape index (κ2) is 4.09. The summed E-state index contributed by atoms with van der Waals surface area (Å²) in [5.41, 5.74) is -1.93. The van der Waals surface area contributed by atoms with Gasteiger partial charge in [-0.25, -0.2) is 0 Å². The van der Waals surface area contributed by atoms with Crippen molar-refractivity contribution in [1.82, 2.24) is 15.4 Å². The van der Waals surface area contributed by atoms with Gasteiger partial charge in [-0.05, 0) is 6.07 Å². The largest absolute Gasteiger partial charge is 0.417 e. The molecule has 18 heavy (non-hydrogen) atoms. The average Bonchev–Trinajstić information content (AvgIpc) is 2.80. The maximum atomic E-state index is 12.8. The van der Waals surface area contributed by atoms with Gasteiger partial charge in [-0.1, -0.05) is 5.21 Å². The molecule has 1 N–H and O–H groups in total. The number of hydrogen-bond donors (Lipinski definition) is 1. The molecule has 0 amide bonds. The van der Waals surface area contributed by atoms with E-state index in [-0.39, 0.29) is 11.3 Å². The first-order valence-corrected chi connectivity index (χ1v) is 4.61. The number of benzene rings is 1. The molecule has 9 heteroatoms.